The highest BCUT2D eigenvalue weighted by atomic mass is 32.7. The molecule has 24 heteroatoms. The second-order valence-electron chi connectivity index (χ2n) is 10.2. The number of hydrogen-bond acceptors (Lipinski definition) is 14. The highest BCUT2D eigenvalue weighted by Gasteiger charge is 2.52. The lowest BCUT2D eigenvalue weighted by atomic mass is 10.1. The number of anilines is 1. The number of fused-ring (bicyclic) bond motifs is 5. The summed E-state index contributed by atoms with van der Waals surface area (Å²) >= 11 is 8.04. The molecule has 3 aliphatic heterocycles. The Morgan fingerprint density at radius 1 is 0.978 bits per heavy atom. The molecule has 0 aliphatic carbocycles. The number of nitrogens with two attached hydrogens (primary N) is 1. The van der Waals surface area contributed by atoms with Crippen LogP contribution in [-0.4, -0.2) is 77.9 Å². The number of nitrogens with zero attached hydrogens (tertiary/aromatic N) is 5. The van der Waals surface area contributed by atoms with Crippen molar-refractivity contribution >= 4 is 66.2 Å². The lowest BCUT2D eigenvalue weighted by molar-refractivity contribution is -0.0560. The van der Waals surface area contributed by atoms with Crippen LogP contribution < -0.4 is 16.9 Å². The second-order valence-corrected chi connectivity index (χ2v) is 16.0. The number of hydrogen-bond donors (Lipinski definition) is 5. The van der Waals surface area contributed by atoms with Gasteiger partial charge in [-0.25, -0.2) is 27.9 Å². The van der Waals surface area contributed by atoms with Crippen molar-refractivity contribution in [1.82, 2.24) is 34.1 Å². The van der Waals surface area contributed by atoms with Crippen molar-refractivity contribution in [3.8, 4) is 0 Å². The summed E-state index contributed by atoms with van der Waals surface area (Å²) in [6.45, 7) is -9.95. The molecule has 9 atom stereocenters. The molecular formula is C21H22F2N8O10P2S2. The fourth-order valence-electron chi connectivity index (χ4n) is 5.42. The van der Waals surface area contributed by atoms with Crippen LogP contribution >= 0.6 is 38.1 Å². The summed E-state index contributed by atoms with van der Waals surface area (Å²) in [6, 6.07) is 0. The van der Waals surface area contributed by atoms with Crippen molar-refractivity contribution in [2.75, 3.05) is 18.9 Å². The van der Waals surface area contributed by atoms with Crippen molar-refractivity contribution in [2.24, 2.45) is 0 Å². The summed E-state index contributed by atoms with van der Waals surface area (Å²) in [5.74, 6) is -1.12. The van der Waals surface area contributed by atoms with Gasteiger partial charge in [0.1, 0.15) is 36.0 Å². The maximum absolute atomic E-state index is 15.8. The van der Waals surface area contributed by atoms with Gasteiger partial charge in [0.2, 0.25) is 5.95 Å². The molecule has 2 bridgehead atoms. The minimum Gasteiger partial charge on any atom is -0.369 e. The maximum atomic E-state index is 15.8. The topological polar surface area (TPSA) is 230 Å². The number of aromatic amines is 2. The van der Waals surface area contributed by atoms with Crippen molar-refractivity contribution in [2.45, 2.75) is 49.5 Å². The first kappa shape index (κ1) is 31.0. The Kier molecular flexibility index (Phi) is 7.75. The second kappa shape index (κ2) is 11.3. The summed E-state index contributed by atoms with van der Waals surface area (Å²) in [5, 5.41) is -0.309. The minimum atomic E-state index is -4.43. The summed E-state index contributed by atoms with van der Waals surface area (Å²) < 4.78 is 93.4. The third-order valence-corrected chi connectivity index (χ3v) is 10.6. The molecule has 4 N–H and O–H groups in total. The molecule has 3 saturated heterocycles. The summed E-state index contributed by atoms with van der Waals surface area (Å²) in [5.41, 5.74) is 4.00. The molecule has 242 valence electrons. The summed E-state index contributed by atoms with van der Waals surface area (Å²) in [6.07, 6.45) is -6.88. The quantitative estimate of drug-likeness (QED) is 0.148. The third kappa shape index (κ3) is 5.66. The number of alkyl halides is 1. The van der Waals surface area contributed by atoms with Crippen molar-refractivity contribution < 1.29 is 45.5 Å². The normalized spacial score (nSPS) is 36.0. The van der Waals surface area contributed by atoms with Crippen molar-refractivity contribution in [3.63, 3.8) is 0 Å². The average molecular weight is 711 g/mol. The fourth-order valence-corrected chi connectivity index (χ4v) is 8.39. The molecule has 0 aromatic carbocycles. The van der Waals surface area contributed by atoms with E-state index in [9.17, 15) is 23.1 Å². The maximum Gasteiger partial charge on any atom is 0.386 e. The van der Waals surface area contributed by atoms with Crippen LogP contribution in [0.25, 0.3) is 22.2 Å². The number of nitrogen functional groups attached to an aromatic ring is 1. The SMILES string of the molecule is Nc1nc2c(ncn2[C@@H]2O[C@@H]3COP(=O)(S)O[C@H]4C[C@H](n5cc(F)c6c(=O)[nH]cnc65)O[C@@H]4COP(=O)(S)O[C@@H]2[C@@H]3F)c(=O)[nH]1. The molecule has 0 saturated carbocycles. The summed E-state index contributed by atoms with van der Waals surface area (Å²) in [4.78, 5) is 41.0. The number of halogens is 2. The smallest absolute Gasteiger partial charge is 0.369 e. The Balaban J connectivity index is 1.20. The first-order valence-corrected chi connectivity index (χ1v) is 18.4. The van der Waals surface area contributed by atoms with Crippen LogP contribution in [0, 0.1) is 5.82 Å². The molecule has 4 aromatic heterocycles. The Labute approximate surface area is 259 Å². The van der Waals surface area contributed by atoms with E-state index in [1.807, 2.05) is 0 Å². The summed E-state index contributed by atoms with van der Waals surface area (Å²) in [7, 11) is 0. The molecule has 7 heterocycles. The van der Waals surface area contributed by atoms with E-state index < -0.39 is 86.8 Å². The monoisotopic (exact) mass is 710 g/mol. The van der Waals surface area contributed by atoms with E-state index in [0.717, 1.165) is 23.4 Å². The fraction of sp³-hybridized carbons (Fsp3) is 0.476. The van der Waals surface area contributed by atoms with E-state index in [-0.39, 0.29) is 34.6 Å². The van der Waals surface area contributed by atoms with Gasteiger partial charge in [0.15, 0.2) is 35.0 Å². The molecule has 0 spiro atoms. The Hall–Kier alpha value is -2.65. The van der Waals surface area contributed by atoms with Gasteiger partial charge in [-0.2, -0.15) is 4.98 Å². The first-order chi connectivity index (χ1) is 21.3. The zero-order valence-corrected chi connectivity index (χ0v) is 25.9. The highest BCUT2D eigenvalue weighted by molar-refractivity contribution is 8.44. The van der Waals surface area contributed by atoms with Gasteiger partial charge >= 0.3 is 13.6 Å². The zero-order valence-electron chi connectivity index (χ0n) is 22.3. The van der Waals surface area contributed by atoms with E-state index in [0.29, 0.717) is 0 Å². The van der Waals surface area contributed by atoms with Crippen LogP contribution in [0.4, 0.5) is 14.7 Å². The average Bonchev–Trinajstić information content (AvgIpc) is 3.71. The molecule has 4 aromatic rings. The number of imidazole rings is 1. The van der Waals surface area contributed by atoms with Crippen LogP contribution in [-0.2, 0) is 36.7 Å². The number of H-pyrrole nitrogens is 2. The van der Waals surface area contributed by atoms with Gasteiger partial charge in [0.05, 0.1) is 25.9 Å². The Morgan fingerprint density at radius 2 is 1.71 bits per heavy atom. The van der Waals surface area contributed by atoms with Gasteiger partial charge in [-0.1, -0.05) is 24.5 Å². The molecule has 2 unspecified atom stereocenters. The van der Waals surface area contributed by atoms with Gasteiger partial charge in [-0.3, -0.25) is 37.2 Å². The van der Waals surface area contributed by atoms with Gasteiger partial charge in [0, 0.05) is 12.6 Å². The first-order valence-electron chi connectivity index (χ1n) is 13.0. The lowest BCUT2D eigenvalue weighted by Gasteiger charge is -2.26. The number of thiol groups is 2. The standard InChI is InChI=1S/C21H22F2N8O10P2S2/c22-7-2-30(16-12(7)18(32)26-5-25-16)11-1-8-9(38-11)3-36-43(35,45)41-15-13(23)10(4-37-42(34,44)40-8)39-20(15)31-6-27-14-17(31)28-21(24)29-19(14)33/h2,5-6,8-11,13,15,20H,1,3-4H2,(H,34,44)(H,35,45)(H,25,26,32)(H3,24,28,29,33)/t8-,9+,10+,11+,13+,15+,20+,42?,43?/m0/s1. The minimum absolute atomic E-state index is 0.0384. The van der Waals surface area contributed by atoms with Gasteiger partial charge in [-0.05, 0) is 0 Å². The van der Waals surface area contributed by atoms with E-state index in [1.165, 1.54) is 4.57 Å². The Morgan fingerprint density at radius 3 is 2.49 bits per heavy atom. The van der Waals surface area contributed by atoms with E-state index in [4.69, 9.17) is 33.3 Å². The molecule has 0 radical (unpaired) electrons. The van der Waals surface area contributed by atoms with Crippen LogP contribution in [0.3, 0.4) is 0 Å². The number of rotatable bonds is 2. The largest absolute Gasteiger partial charge is 0.386 e. The highest BCUT2D eigenvalue weighted by Crippen LogP contribution is 2.60. The van der Waals surface area contributed by atoms with Gasteiger partial charge in [0.25, 0.3) is 11.1 Å². The molecule has 45 heavy (non-hydrogen) atoms. The molecule has 3 fully saturated rings. The number of nitrogens with one attached hydrogen (secondary N) is 2. The molecule has 18 nitrogen and oxygen atoms in total. The van der Waals surface area contributed by atoms with Gasteiger partial charge < -0.3 is 24.8 Å². The molecule has 7 rings (SSSR count). The third-order valence-electron chi connectivity index (χ3n) is 7.38. The lowest BCUT2D eigenvalue weighted by Crippen LogP contribution is -2.32. The van der Waals surface area contributed by atoms with Crippen LogP contribution in [0.5, 0.6) is 0 Å². The van der Waals surface area contributed by atoms with Crippen LogP contribution in [0.2, 0.25) is 0 Å². The van der Waals surface area contributed by atoms with E-state index in [1.54, 1.807) is 0 Å². The van der Waals surface area contributed by atoms with Crippen LogP contribution in [0.15, 0.2) is 28.4 Å². The number of aromatic nitrogens is 7. The molecule has 3 aliphatic rings. The predicted molar refractivity (Wildman–Crippen MR) is 155 cm³/mol. The number of ether oxygens (including phenoxy) is 2. The van der Waals surface area contributed by atoms with Crippen molar-refractivity contribution in [3.05, 3.63) is 45.4 Å². The van der Waals surface area contributed by atoms with Crippen LogP contribution in [0.1, 0.15) is 18.9 Å². The predicted octanol–water partition coefficient (Wildman–Crippen LogP) is 2.00. The Bertz CT molecular complexity index is 2030. The van der Waals surface area contributed by atoms with E-state index >= 15 is 4.39 Å². The van der Waals surface area contributed by atoms with Crippen molar-refractivity contribution in [1.29, 1.82) is 0 Å². The zero-order chi connectivity index (χ0) is 31.8. The van der Waals surface area contributed by atoms with E-state index in [2.05, 4.69) is 49.4 Å². The molecule has 0 amide bonds. The van der Waals surface area contributed by atoms with Gasteiger partial charge in [-0.15, -0.1) is 0 Å². The molecular weight excluding hydrogens is 688 g/mol.